The molecule has 0 bridgehead atoms. The molecule has 7 nitrogen and oxygen atoms in total. The van der Waals surface area contributed by atoms with Crippen molar-refractivity contribution < 1.29 is 19.8 Å². The fraction of sp³-hybridized carbons (Fsp3) is 0.435. The van der Waals surface area contributed by atoms with E-state index in [1.54, 1.807) is 52.5 Å². The summed E-state index contributed by atoms with van der Waals surface area (Å²) < 4.78 is 0. The molecule has 1 spiro atoms. The molecule has 30 heavy (non-hydrogen) atoms. The van der Waals surface area contributed by atoms with Gasteiger partial charge in [0, 0.05) is 38.6 Å². The number of β-amino-alcohol motifs (C(OH)–C–C–N with tert-alkyl or cyclic N) is 1. The van der Waals surface area contributed by atoms with Crippen molar-refractivity contribution in [1.82, 2.24) is 14.8 Å². The van der Waals surface area contributed by atoms with Gasteiger partial charge in [-0.3, -0.25) is 14.6 Å². The molecule has 0 radical (unpaired) electrons. The number of phenols is 1. The second-order valence-electron chi connectivity index (χ2n) is 8.60. The van der Waals surface area contributed by atoms with Crippen LogP contribution in [0.5, 0.6) is 5.75 Å². The van der Waals surface area contributed by atoms with E-state index >= 15 is 0 Å². The summed E-state index contributed by atoms with van der Waals surface area (Å²) in [5.74, 6) is -0.303. The van der Waals surface area contributed by atoms with Crippen LogP contribution in [-0.2, 0) is 0 Å². The fourth-order valence-electron chi connectivity index (χ4n) is 4.72. The van der Waals surface area contributed by atoms with Crippen LogP contribution in [0.4, 0.5) is 0 Å². The van der Waals surface area contributed by atoms with Crippen molar-refractivity contribution in [3.63, 3.8) is 0 Å². The van der Waals surface area contributed by atoms with Gasteiger partial charge in [-0.2, -0.15) is 0 Å². The van der Waals surface area contributed by atoms with Gasteiger partial charge in [0.25, 0.3) is 11.8 Å². The van der Waals surface area contributed by atoms with E-state index < -0.39 is 6.10 Å². The number of aromatic nitrogens is 1. The van der Waals surface area contributed by atoms with Gasteiger partial charge >= 0.3 is 0 Å². The molecule has 3 heterocycles. The van der Waals surface area contributed by atoms with Gasteiger partial charge in [0.2, 0.25) is 0 Å². The monoisotopic (exact) mass is 409 g/mol. The second-order valence-corrected chi connectivity index (χ2v) is 8.60. The summed E-state index contributed by atoms with van der Waals surface area (Å²) in [6.45, 7) is 3.84. The molecule has 2 aliphatic heterocycles. The first kappa shape index (κ1) is 20.3. The van der Waals surface area contributed by atoms with Gasteiger partial charge in [0.15, 0.2) is 0 Å². The zero-order chi connectivity index (χ0) is 21.3. The van der Waals surface area contributed by atoms with Crippen LogP contribution in [0.2, 0.25) is 0 Å². The Bertz CT molecular complexity index is 939. The summed E-state index contributed by atoms with van der Waals surface area (Å²) >= 11 is 0. The number of pyridine rings is 1. The molecule has 1 aromatic carbocycles. The molecular weight excluding hydrogens is 382 g/mol. The molecule has 2 amide bonds. The Morgan fingerprint density at radius 2 is 1.90 bits per heavy atom. The summed E-state index contributed by atoms with van der Waals surface area (Å²) in [4.78, 5) is 33.3. The molecule has 2 N–H and O–H groups in total. The molecule has 2 fully saturated rings. The van der Waals surface area contributed by atoms with E-state index in [1.165, 1.54) is 0 Å². The molecular formula is C23H27N3O4. The van der Waals surface area contributed by atoms with Crippen LogP contribution in [0.3, 0.4) is 0 Å². The molecule has 1 unspecified atom stereocenters. The molecule has 0 saturated carbocycles. The Morgan fingerprint density at radius 3 is 2.60 bits per heavy atom. The average molecular weight is 409 g/mol. The van der Waals surface area contributed by atoms with Gasteiger partial charge in [0.1, 0.15) is 5.75 Å². The predicted molar refractivity (Wildman–Crippen MR) is 111 cm³/mol. The van der Waals surface area contributed by atoms with E-state index in [1.807, 2.05) is 6.92 Å². The highest BCUT2D eigenvalue weighted by molar-refractivity contribution is 5.97. The Balaban J connectivity index is 1.45. The number of rotatable bonds is 2. The van der Waals surface area contributed by atoms with Crippen LogP contribution in [0.1, 0.15) is 45.5 Å². The van der Waals surface area contributed by atoms with Crippen molar-refractivity contribution in [1.29, 1.82) is 0 Å². The number of nitrogens with zero attached hydrogens (tertiary/aromatic N) is 3. The minimum atomic E-state index is -0.581. The number of aromatic hydroxyl groups is 1. The maximum Gasteiger partial charge on any atom is 0.257 e. The van der Waals surface area contributed by atoms with Gasteiger partial charge in [-0.05, 0) is 55.9 Å². The number of benzene rings is 1. The van der Waals surface area contributed by atoms with Gasteiger partial charge in [-0.15, -0.1) is 0 Å². The third kappa shape index (κ3) is 4.03. The first-order valence-electron chi connectivity index (χ1n) is 10.3. The number of piperidine rings is 2. The summed E-state index contributed by atoms with van der Waals surface area (Å²) in [7, 11) is 0. The van der Waals surface area contributed by atoms with Gasteiger partial charge in [-0.25, -0.2) is 0 Å². The van der Waals surface area contributed by atoms with Crippen molar-refractivity contribution in [2.45, 2.75) is 32.3 Å². The van der Waals surface area contributed by atoms with E-state index in [0.29, 0.717) is 56.6 Å². The Kier molecular flexibility index (Phi) is 5.47. The molecule has 1 atom stereocenters. The first-order chi connectivity index (χ1) is 14.4. The molecule has 0 aliphatic carbocycles. The zero-order valence-corrected chi connectivity index (χ0v) is 17.1. The van der Waals surface area contributed by atoms with Crippen LogP contribution in [0, 0.1) is 12.3 Å². The lowest BCUT2D eigenvalue weighted by Crippen LogP contribution is -2.55. The quantitative estimate of drug-likeness (QED) is 0.793. The van der Waals surface area contributed by atoms with E-state index in [2.05, 4.69) is 4.98 Å². The van der Waals surface area contributed by atoms with E-state index in [4.69, 9.17) is 0 Å². The third-order valence-electron chi connectivity index (χ3n) is 6.32. The molecule has 2 saturated heterocycles. The maximum absolute atomic E-state index is 12.9. The van der Waals surface area contributed by atoms with Gasteiger partial charge in [-0.1, -0.05) is 11.6 Å². The number of likely N-dealkylation sites (tertiary alicyclic amines) is 2. The first-order valence-corrected chi connectivity index (χ1v) is 10.3. The number of aryl methyl sites for hydroxylation is 1. The molecule has 7 heteroatoms. The van der Waals surface area contributed by atoms with Crippen LogP contribution in [-0.4, -0.2) is 69.1 Å². The Hall–Kier alpha value is -2.93. The number of aliphatic hydroxyl groups excluding tert-OH is 1. The minimum absolute atomic E-state index is 0.00721. The van der Waals surface area contributed by atoms with Gasteiger partial charge in [0.05, 0.1) is 17.2 Å². The highest BCUT2D eigenvalue weighted by Gasteiger charge is 2.43. The number of amides is 2. The highest BCUT2D eigenvalue weighted by atomic mass is 16.3. The largest absolute Gasteiger partial charge is 0.507 e. The van der Waals surface area contributed by atoms with E-state index in [9.17, 15) is 19.8 Å². The van der Waals surface area contributed by atoms with E-state index in [-0.39, 0.29) is 23.0 Å². The lowest BCUT2D eigenvalue weighted by atomic mass is 9.71. The number of hydrogen-bond acceptors (Lipinski definition) is 5. The maximum atomic E-state index is 12.9. The normalized spacial score (nSPS) is 20.9. The van der Waals surface area contributed by atoms with Crippen molar-refractivity contribution in [2.24, 2.45) is 5.41 Å². The van der Waals surface area contributed by atoms with Crippen LogP contribution in [0.25, 0.3) is 0 Å². The molecule has 4 rings (SSSR count). The zero-order valence-electron chi connectivity index (χ0n) is 17.1. The Morgan fingerprint density at radius 1 is 1.13 bits per heavy atom. The second kappa shape index (κ2) is 8.07. The average Bonchev–Trinajstić information content (AvgIpc) is 2.75. The van der Waals surface area contributed by atoms with Crippen molar-refractivity contribution in [3.05, 3.63) is 59.4 Å². The number of aliphatic hydroxyl groups is 1. The standard InChI is InChI=1S/C23H27N3O4/c1-16-4-5-20(28)19(11-16)22(30)25-9-6-23(7-10-25)12-18(27)14-26(15-23)21(29)17-3-2-8-24-13-17/h2-5,8,11,13,18,27-28H,6-7,9-10,12,14-15H2,1H3. The van der Waals surface area contributed by atoms with Crippen LogP contribution in [0.15, 0.2) is 42.7 Å². The topological polar surface area (TPSA) is 94.0 Å². The van der Waals surface area contributed by atoms with Crippen LogP contribution < -0.4 is 0 Å². The fourth-order valence-corrected chi connectivity index (χ4v) is 4.72. The summed E-state index contributed by atoms with van der Waals surface area (Å²) in [5.41, 5.74) is 1.55. The third-order valence-corrected chi connectivity index (χ3v) is 6.32. The SMILES string of the molecule is Cc1ccc(O)c(C(=O)N2CCC3(CC2)CC(O)CN(C(=O)c2cccnc2)C3)c1. The van der Waals surface area contributed by atoms with E-state index in [0.717, 1.165) is 5.56 Å². The Labute approximate surface area is 176 Å². The number of carbonyl (C=O) groups excluding carboxylic acids is 2. The smallest absolute Gasteiger partial charge is 0.257 e. The highest BCUT2D eigenvalue weighted by Crippen LogP contribution is 2.40. The molecule has 1 aromatic heterocycles. The number of carbonyl (C=O) groups is 2. The van der Waals surface area contributed by atoms with Crippen molar-refractivity contribution >= 4 is 11.8 Å². The predicted octanol–water partition coefficient (Wildman–Crippen LogP) is 2.23. The molecule has 2 aliphatic rings. The van der Waals surface area contributed by atoms with Crippen LogP contribution >= 0.6 is 0 Å². The van der Waals surface area contributed by atoms with Crippen molar-refractivity contribution in [3.8, 4) is 5.75 Å². The number of phenolic OH excluding ortho intramolecular Hbond substituents is 1. The number of hydrogen-bond donors (Lipinski definition) is 2. The molecule has 158 valence electrons. The lowest BCUT2D eigenvalue weighted by molar-refractivity contribution is -0.0299. The molecule has 2 aromatic rings. The summed E-state index contributed by atoms with van der Waals surface area (Å²) in [5, 5.41) is 20.6. The lowest BCUT2D eigenvalue weighted by Gasteiger charge is -2.49. The van der Waals surface area contributed by atoms with Crippen molar-refractivity contribution in [2.75, 3.05) is 26.2 Å². The van der Waals surface area contributed by atoms with Gasteiger partial charge < -0.3 is 20.0 Å². The summed E-state index contributed by atoms with van der Waals surface area (Å²) in [6.07, 6.45) is 4.63. The minimum Gasteiger partial charge on any atom is -0.507 e. The summed E-state index contributed by atoms with van der Waals surface area (Å²) in [6, 6.07) is 8.50.